The molecule has 0 aromatic heterocycles. The van der Waals surface area contributed by atoms with Crippen LogP contribution in [0.25, 0.3) is 97.0 Å². The van der Waals surface area contributed by atoms with Crippen molar-refractivity contribution in [1.29, 1.82) is 0 Å². The van der Waals surface area contributed by atoms with Crippen LogP contribution in [0.1, 0.15) is 122 Å². The Morgan fingerprint density at radius 2 is 0.306 bits per heavy atom. The van der Waals surface area contributed by atoms with Crippen LogP contribution in [-0.2, 0) is 0 Å². The molecule has 0 N–H and O–H groups in total. The fourth-order valence-corrected chi connectivity index (χ4v) is 15.7. The molecule has 0 aliphatic heterocycles. The minimum atomic E-state index is 1.33. The molecule has 0 aliphatic carbocycles. The van der Waals surface area contributed by atoms with Crippen LogP contribution in [-0.4, -0.2) is 0 Å². The summed E-state index contributed by atoms with van der Waals surface area (Å²) in [6.07, 6.45) is 0. The Hall–Kier alpha value is -13.3. The predicted octanol–water partition coefficient (Wildman–Crippen LogP) is 35.7. The second-order valence-electron chi connectivity index (χ2n) is 34.0. The first-order chi connectivity index (χ1) is 59.5. The first-order valence-electron chi connectivity index (χ1n) is 43.7. The minimum absolute atomic E-state index is 1.33. The van der Waals surface area contributed by atoms with E-state index in [1.54, 1.807) is 0 Å². The van der Waals surface area contributed by atoms with Crippen molar-refractivity contribution in [1.82, 2.24) is 0 Å². The maximum atomic E-state index is 2.24. The molecule has 0 unspecified atom stereocenters. The molecule has 0 radical (unpaired) electrons. The summed E-state index contributed by atoms with van der Waals surface area (Å²) in [4.78, 5) is 0. The molecular weight excluding hydrogens is 1490 g/mol. The maximum absolute atomic E-state index is 2.24. The second-order valence-corrected chi connectivity index (χ2v) is 34.0. The van der Waals surface area contributed by atoms with Gasteiger partial charge in [0.05, 0.1) is 0 Å². The van der Waals surface area contributed by atoms with Crippen LogP contribution in [0.2, 0.25) is 0 Å². The van der Waals surface area contributed by atoms with Crippen molar-refractivity contribution < 1.29 is 0 Å². The van der Waals surface area contributed by atoms with Crippen LogP contribution < -0.4 is 0 Å². The van der Waals surface area contributed by atoms with Gasteiger partial charge < -0.3 is 0 Å². The number of hydrogen-bond donors (Lipinski definition) is 0. The zero-order valence-electron chi connectivity index (χ0n) is 77.8. The van der Waals surface area contributed by atoms with E-state index >= 15 is 0 Å². The Labute approximate surface area is 742 Å². The van der Waals surface area contributed by atoms with Gasteiger partial charge in [-0.1, -0.05) is 448 Å². The van der Waals surface area contributed by atoms with Gasteiger partial charge in [-0.15, -0.1) is 0 Å². The van der Waals surface area contributed by atoms with Gasteiger partial charge >= 0.3 is 0 Å². The third kappa shape index (κ3) is 27.6. The summed E-state index contributed by atoms with van der Waals surface area (Å²) in [5.74, 6) is 0. The van der Waals surface area contributed by atoms with Crippen LogP contribution in [0.15, 0.2) is 376 Å². The largest absolute Gasteiger partial charge is 0.0617 e. The number of benzene rings is 20. The second kappa shape index (κ2) is 45.6. The van der Waals surface area contributed by atoms with E-state index in [-0.39, 0.29) is 0 Å². The molecule has 0 fully saturated rings. The van der Waals surface area contributed by atoms with E-state index in [1.807, 2.05) is 0 Å². The van der Waals surface area contributed by atoms with E-state index < -0.39 is 0 Å². The van der Waals surface area contributed by atoms with Crippen LogP contribution in [0.4, 0.5) is 0 Å². The van der Waals surface area contributed by atoms with E-state index in [4.69, 9.17) is 0 Å². The highest BCUT2D eigenvalue weighted by atomic mass is 14.1. The highest BCUT2D eigenvalue weighted by molar-refractivity contribution is 5.92. The Morgan fingerprint density at radius 3 is 0.669 bits per heavy atom. The number of fused-ring (bicyclic) bond motifs is 9. The summed E-state index contributed by atoms with van der Waals surface area (Å²) in [5, 5.41) is 24.4. The highest BCUT2D eigenvalue weighted by Crippen LogP contribution is 2.28. The van der Waals surface area contributed by atoms with Crippen LogP contribution in [0.5, 0.6) is 0 Å². The molecule has 0 spiro atoms. The zero-order valence-corrected chi connectivity index (χ0v) is 77.8. The summed E-state index contributed by atoms with van der Waals surface area (Å²) in [5.41, 5.74) is 29.5. The maximum Gasteiger partial charge on any atom is -0.0152 e. The quantitative estimate of drug-likeness (QED) is 0.142. The van der Waals surface area contributed by atoms with Crippen molar-refractivity contribution in [2.45, 2.75) is 152 Å². The molecule has 0 bridgehead atoms. The SMILES string of the molecule is Cc1cc(C)c2ccccc2c1.Cc1cc(C)c2ccccc2c1.Cc1ccc(C)c2ccccc12.Cc1ccc(C)cc1.Cc1ccc2c(C)cccc2c1.Cc1ccc2c(C)cccc2c1.Cc1ccc2cc(C)ccc2c1.Cc1ccc2ccc(C)cc2c1.Cc1ccc2cccc(C)c2c1.Cc1cccc(C)c1.Cc1cccc2c(C)cccc12. The standard InChI is InChI=1S/9C12H12.2C8H10/c1-9-3-5-12-8-10(2)4-6-11(12)7-9;1-9-3-5-11-6-4-10(2)8-12(11)7-9;1-9-5-3-8-12-10(2)6-4-7-11(9)12;2*1-9-6-7-12-10(2)4-3-5-11(12)8-9;1-9-6-7-11-5-3-4-10(2)12(11)8-9;2*1-9-7-10(2)12-6-4-3-5-11(12)8-9;1-9-7-8-10(2)12-6-4-3-5-11(9)12;1-7-3-5-8(2)6-4-7;1-7-4-3-5-8(2)6-7/h9*3-8H,1-2H3;2*3-6H,1-2H3. The number of aryl methyl sites for hydroxylation is 22. The fraction of sp³-hybridized carbons (Fsp3) is 0.177. The molecule has 20 aromatic carbocycles. The molecule has 0 saturated heterocycles. The molecule has 0 heterocycles. The van der Waals surface area contributed by atoms with Crippen LogP contribution in [0.3, 0.4) is 0 Å². The molecule has 0 aliphatic rings. The first kappa shape index (κ1) is 93.0. The van der Waals surface area contributed by atoms with Crippen LogP contribution in [0, 0.1) is 152 Å². The highest BCUT2D eigenvalue weighted by Gasteiger charge is 2.04. The lowest BCUT2D eigenvalue weighted by Gasteiger charge is -2.03. The molecule has 20 rings (SSSR count). The van der Waals surface area contributed by atoms with Gasteiger partial charge in [-0.2, -0.15) is 0 Å². The Morgan fingerprint density at radius 1 is 0.0887 bits per heavy atom. The average molecular weight is 1620 g/mol. The Bertz CT molecular complexity index is 6440. The number of hydrogen-bond acceptors (Lipinski definition) is 0. The van der Waals surface area contributed by atoms with Gasteiger partial charge in [0.25, 0.3) is 0 Å². The van der Waals surface area contributed by atoms with Gasteiger partial charge in [0.2, 0.25) is 0 Å². The third-order valence-electron chi connectivity index (χ3n) is 22.6. The summed E-state index contributed by atoms with van der Waals surface area (Å²) in [6.45, 7) is 47.0. The van der Waals surface area contributed by atoms with Gasteiger partial charge in [-0.25, -0.2) is 0 Å². The molecule has 0 atom stereocenters. The van der Waals surface area contributed by atoms with E-state index in [1.165, 1.54) is 219 Å². The van der Waals surface area contributed by atoms with E-state index in [0.29, 0.717) is 0 Å². The Balaban J connectivity index is 0.000000143. The summed E-state index contributed by atoms with van der Waals surface area (Å²) < 4.78 is 0. The molecule has 124 heavy (non-hydrogen) atoms. The molecule has 0 amide bonds. The molecule has 0 heteroatoms. The zero-order chi connectivity index (χ0) is 88.9. The monoisotopic (exact) mass is 1620 g/mol. The van der Waals surface area contributed by atoms with E-state index in [2.05, 4.69) is 528 Å². The van der Waals surface area contributed by atoms with Crippen LogP contribution >= 0.6 is 0 Å². The van der Waals surface area contributed by atoms with Crippen molar-refractivity contribution in [3.8, 4) is 0 Å². The van der Waals surface area contributed by atoms with Gasteiger partial charge in [0, 0.05) is 0 Å². The summed E-state index contributed by atoms with van der Waals surface area (Å²) in [6, 6.07) is 134. The van der Waals surface area contributed by atoms with Gasteiger partial charge in [0.15, 0.2) is 0 Å². The van der Waals surface area contributed by atoms with Gasteiger partial charge in [-0.05, 0) is 299 Å². The van der Waals surface area contributed by atoms with E-state index in [0.717, 1.165) is 0 Å². The van der Waals surface area contributed by atoms with Crippen molar-refractivity contribution in [3.63, 3.8) is 0 Å². The minimum Gasteiger partial charge on any atom is -0.0617 e. The van der Waals surface area contributed by atoms with Crippen molar-refractivity contribution >= 4 is 97.0 Å². The molecule has 0 nitrogen and oxygen atoms in total. The van der Waals surface area contributed by atoms with E-state index in [9.17, 15) is 0 Å². The average Bonchev–Trinajstić information content (AvgIpc) is 0.882. The summed E-state index contributed by atoms with van der Waals surface area (Å²) >= 11 is 0. The lowest BCUT2D eigenvalue weighted by atomic mass is 10.0. The smallest absolute Gasteiger partial charge is 0.0152 e. The Kier molecular flexibility index (Phi) is 34.2. The summed E-state index contributed by atoms with van der Waals surface area (Å²) in [7, 11) is 0. The topological polar surface area (TPSA) is 0 Å². The first-order valence-corrected chi connectivity index (χ1v) is 43.7. The molecule has 20 aromatic rings. The number of rotatable bonds is 0. The van der Waals surface area contributed by atoms with Gasteiger partial charge in [-0.3, -0.25) is 0 Å². The van der Waals surface area contributed by atoms with Gasteiger partial charge in [0.1, 0.15) is 0 Å². The molecule has 624 valence electrons. The fourth-order valence-electron chi connectivity index (χ4n) is 15.7. The third-order valence-corrected chi connectivity index (χ3v) is 22.6. The van der Waals surface area contributed by atoms with Crippen molar-refractivity contribution in [3.05, 3.63) is 499 Å². The lowest BCUT2D eigenvalue weighted by Crippen LogP contribution is -1.80. The van der Waals surface area contributed by atoms with Crippen molar-refractivity contribution in [2.24, 2.45) is 0 Å². The molecule has 0 saturated carbocycles. The molecular formula is C124H128. The van der Waals surface area contributed by atoms with Crippen molar-refractivity contribution in [2.75, 3.05) is 0 Å². The normalized spacial score (nSPS) is 10.3. The predicted molar refractivity (Wildman–Crippen MR) is 553 cm³/mol. The lowest BCUT2D eigenvalue weighted by molar-refractivity contribution is 1.39.